The van der Waals surface area contributed by atoms with Gasteiger partial charge in [-0.3, -0.25) is 4.90 Å². The topological polar surface area (TPSA) is 15.3 Å². The zero-order chi connectivity index (χ0) is 14.9. The first kappa shape index (κ1) is 16.3. The predicted molar refractivity (Wildman–Crippen MR) is 91.5 cm³/mol. The van der Waals surface area contributed by atoms with Crippen LogP contribution in [0.5, 0.6) is 0 Å². The maximum atomic E-state index is 3.83. The van der Waals surface area contributed by atoms with Gasteiger partial charge in [0.1, 0.15) is 0 Å². The molecular weight excluding hydrogens is 256 g/mol. The minimum Gasteiger partial charge on any atom is -0.312 e. The summed E-state index contributed by atoms with van der Waals surface area (Å²) in [6, 6.07) is 8.85. The first-order chi connectivity index (χ1) is 10.3. The van der Waals surface area contributed by atoms with E-state index in [4.69, 9.17) is 0 Å². The third-order valence-electron chi connectivity index (χ3n) is 4.48. The number of hydrogen-bond acceptors (Lipinski definition) is 2. The molecule has 0 radical (unpaired) electrons. The molecule has 0 aliphatic carbocycles. The molecule has 0 unspecified atom stereocenters. The van der Waals surface area contributed by atoms with Gasteiger partial charge in [0, 0.05) is 13.1 Å². The number of benzene rings is 1. The molecular formula is C19H30N2. The Balaban J connectivity index is 1.71. The zero-order valence-electron chi connectivity index (χ0n) is 13.5. The normalized spacial score (nSPS) is 17.0. The lowest BCUT2D eigenvalue weighted by Gasteiger charge is -2.31. The second kappa shape index (κ2) is 9.01. The van der Waals surface area contributed by atoms with E-state index in [9.17, 15) is 0 Å². The Bertz CT molecular complexity index is 419. The van der Waals surface area contributed by atoms with Gasteiger partial charge in [-0.15, -0.1) is 6.58 Å². The molecule has 1 N–H and O–H groups in total. The van der Waals surface area contributed by atoms with Crippen molar-refractivity contribution < 1.29 is 0 Å². The summed E-state index contributed by atoms with van der Waals surface area (Å²) in [4.78, 5) is 2.50. The van der Waals surface area contributed by atoms with E-state index in [0.29, 0.717) is 0 Å². The van der Waals surface area contributed by atoms with Gasteiger partial charge in [-0.05, 0) is 55.9 Å². The predicted octanol–water partition coefficient (Wildman–Crippen LogP) is 3.63. The van der Waals surface area contributed by atoms with Crippen molar-refractivity contribution >= 4 is 0 Å². The molecule has 1 aliphatic heterocycles. The molecule has 1 aromatic rings. The highest BCUT2D eigenvalue weighted by atomic mass is 15.1. The Kier molecular flexibility index (Phi) is 6.98. The van der Waals surface area contributed by atoms with Crippen LogP contribution in [0.2, 0.25) is 0 Å². The van der Waals surface area contributed by atoms with Crippen LogP contribution in [0.4, 0.5) is 0 Å². The van der Waals surface area contributed by atoms with Gasteiger partial charge in [-0.25, -0.2) is 0 Å². The summed E-state index contributed by atoms with van der Waals surface area (Å²) < 4.78 is 0. The molecule has 0 saturated carbocycles. The minimum absolute atomic E-state index is 0.837. The third kappa shape index (κ3) is 5.29. The number of rotatable bonds is 8. The maximum Gasteiger partial charge on any atom is 0.0208 e. The van der Waals surface area contributed by atoms with Crippen LogP contribution in [0.25, 0.3) is 0 Å². The summed E-state index contributed by atoms with van der Waals surface area (Å²) >= 11 is 0. The van der Waals surface area contributed by atoms with Gasteiger partial charge < -0.3 is 5.32 Å². The van der Waals surface area contributed by atoms with E-state index in [2.05, 4.69) is 48.0 Å². The van der Waals surface area contributed by atoms with E-state index >= 15 is 0 Å². The average molecular weight is 286 g/mol. The molecule has 1 fully saturated rings. The van der Waals surface area contributed by atoms with E-state index in [-0.39, 0.29) is 0 Å². The third-order valence-corrected chi connectivity index (χ3v) is 4.48. The summed E-state index contributed by atoms with van der Waals surface area (Å²) in [5.41, 5.74) is 2.98. The lowest BCUT2D eigenvalue weighted by molar-refractivity contribution is 0.198. The fourth-order valence-electron chi connectivity index (χ4n) is 3.21. The van der Waals surface area contributed by atoms with Gasteiger partial charge in [0.15, 0.2) is 0 Å². The molecule has 1 saturated heterocycles. The summed E-state index contributed by atoms with van der Waals surface area (Å²) in [5.74, 6) is 0.837. The molecule has 2 nitrogen and oxygen atoms in total. The number of piperidine rings is 1. The lowest BCUT2D eigenvalue weighted by atomic mass is 9.96. The van der Waals surface area contributed by atoms with Gasteiger partial charge in [0.05, 0.1) is 0 Å². The van der Waals surface area contributed by atoms with E-state index in [1.165, 1.54) is 49.9 Å². The fraction of sp³-hybridized carbons (Fsp3) is 0.579. The summed E-state index contributed by atoms with van der Waals surface area (Å²) in [6.45, 7) is 11.7. The molecule has 21 heavy (non-hydrogen) atoms. The second-order valence-electron chi connectivity index (χ2n) is 6.18. The molecule has 1 aromatic carbocycles. The molecule has 0 bridgehead atoms. The molecule has 1 heterocycles. The van der Waals surface area contributed by atoms with Gasteiger partial charge in [-0.1, -0.05) is 43.7 Å². The molecule has 0 atom stereocenters. The van der Waals surface area contributed by atoms with Crippen molar-refractivity contribution in [2.75, 3.05) is 26.2 Å². The van der Waals surface area contributed by atoms with E-state index in [1.54, 1.807) is 0 Å². The van der Waals surface area contributed by atoms with Crippen molar-refractivity contribution in [2.24, 2.45) is 5.92 Å². The number of nitrogens with one attached hydrogen (secondary N) is 1. The van der Waals surface area contributed by atoms with E-state index in [0.717, 1.165) is 25.6 Å². The van der Waals surface area contributed by atoms with Crippen LogP contribution in [-0.4, -0.2) is 31.1 Å². The number of nitrogens with zero attached hydrogens (tertiary/aromatic N) is 1. The minimum atomic E-state index is 0.837. The quantitative estimate of drug-likeness (QED) is 0.734. The molecule has 116 valence electrons. The van der Waals surface area contributed by atoms with Crippen molar-refractivity contribution in [1.82, 2.24) is 10.2 Å². The number of likely N-dealkylation sites (tertiary alicyclic amines) is 1. The van der Waals surface area contributed by atoms with Crippen molar-refractivity contribution in [1.29, 1.82) is 0 Å². The smallest absolute Gasteiger partial charge is 0.0208 e. The van der Waals surface area contributed by atoms with Gasteiger partial charge >= 0.3 is 0 Å². The van der Waals surface area contributed by atoms with Crippen molar-refractivity contribution in [3.8, 4) is 0 Å². The van der Waals surface area contributed by atoms with Crippen LogP contribution < -0.4 is 5.32 Å². The largest absolute Gasteiger partial charge is 0.312 e. The molecule has 0 aromatic heterocycles. The molecule has 1 aliphatic rings. The highest BCUT2D eigenvalue weighted by Crippen LogP contribution is 2.17. The van der Waals surface area contributed by atoms with Crippen LogP contribution in [0.3, 0.4) is 0 Å². The molecule has 2 heteroatoms. The highest BCUT2D eigenvalue weighted by Gasteiger charge is 2.17. The SMILES string of the molecule is C=CCN1CCC(CNCc2ccccc2CCC)CC1. The molecule has 0 spiro atoms. The Morgan fingerprint density at radius 1 is 1.24 bits per heavy atom. The number of hydrogen-bond donors (Lipinski definition) is 1. The summed E-state index contributed by atoms with van der Waals surface area (Å²) in [5, 5.41) is 3.68. The first-order valence-corrected chi connectivity index (χ1v) is 8.44. The fourth-order valence-corrected chi connectivity index (χ4v) is 3.21. The average Bonchev–Trinajstić information content (AvgIpc) is 2.51. The Labute approximate surface area is 130 Å². The maximum absolute atomic E-state index is 3.83. The standard InChI is InChI=1S/C19H30N2/c1-3-7-18-8-5-6-9-19(18)16-20-15-17-10-13-21(12-4-2)14-11-17/h4-6,8-9,17,20H,2-3,7,10-16H2,1H3. The molecule has 0 amide bonds. The van der Waals surface area contributed by atoms with E-state index in [1.807, 2.05) is 6.08 Å². The van der Waals surface area contributed by atoms with Crippen LogP contribution in [0.15, 0.2) is 36.9 Å². The van der Waals surface area contributed by atoms with Gasteiger partial charge in [0.25, 0.3) is 0 Å². The number of aryl methyl sites for hydroxylation is 1. The monoisotopic (exact) mass is 286 g/mol. The Morgan fingerprint density at radius 3 is 2.62 bits per heavy atom. The summed E-state index contributed by atoms with van der Waals surface area (Å²) in [6.07, 6.45) is 7.06. The van der Waals surface area contributed by atoms with Gasteiger partial charge in [-0.2, -0.15) is 0 Å². The second-order valence-corrected chi connectivity index (χ2v) is 6.18. The molecule has 2 rings (SSSR count). The van der Waals surface area contributed by atoms with Crippen LogP contribution in [0, 0.1) is 5.92 Å². The lowest BCUT2D eigenvalue weighted by Crippen LogP contribution is -2.37. The first-order valence-electron chi connectivity index (χ1n) is 8.44. The van der Waals surface area contributed by atoms with Crippen molar-refractivity contribution in [3.05, 3.63) is 48.0 Å². The van der Waals surface area contributed by atoms with Gasteiger partial charge in [0.2, 0.25) is 0 Å². The van der Waals surface area contributed by atoms with Crippen LogP contribution in [0.1, 0.15) is 37.3 Å². The highest BCUT2D eigenvalue weighted by molar-refractivity contribution is 5.27. The van der Waals surface area contributed by atoms with E-state index < -0.39 is 0 Å². The van der Waals surface area contributed by atoms with Crippen molar-refractivity contribution in [2.45, 2.75) is 39.2 Å². The van der Waals surface area contributed by atoms with Crippen molar-refractivity contribution in [3.63, 3.8) is 0 Å². The van der Waals surface area contributed by atoms with Crippen LogP contribution in [-0.2, 0) is 13.0 Å². The van der Waals surface area contributed by atoms with Crippen LogP contribution >= 0.6 is 0 Å². The summed E-state index contributed by atoms with van der Waals surface area (Å²) in [7, 11) is 0. The Hall–Kier alpha value is -1.12. The Morgan fingerprint density at radius 2 is 1.95 bits per heavy atom. The zero-order valence-corrected chi connectivity index (χ0v) is 13.5.